The van der Waals surface area contributed by atoms with Gasteiger partial charge in [-0.15, -0.1) is 0 Å². The predicted octanol–water partition coefficient (Wildman–Crippen LogP) is -0.227. The zero-order valence-corrected chi connectivity index (χ0v) is 13.3. The van der Waals surface area contributed by atoms with Gasteiger partial charge < -0.3 is 15.4 Å². The number of carbonyl (C=O) groups is 2. The van der Waals surface area contributed by atoms with Crippen LogP contribution >= 0.6 is 11.8 Å². The highest BCUT2D eigenvalue weighted by Crippen LogP contribution is 2.16. The van der Waals surface area contributed by atoms with Crippen LogP contribution in [0.5, 0.6) is 0 Å². The fourth-order valence-corrected chi connectivity index (χ4v) is 3.04. The van der Waals surface area contributed by atoms with Crippen LogP contribution in [0.2, 0.25) is 0 Å². The van der Waals surface area contributed by atoms with Crippen molar-refractivity contribution in [1.29, 1.82) is 0 Å². The van der Waals surface area contributed by atoms with Gasteiger partial charge in [0.25, 0.3) is 0 Å². The largest absolute Gasteiger partial charge is 0.373 e. The van der Waals surface area contributed by atoms with Gasteiger partial charge >= 0.3 is 0 Å². The Hall–Kier alpha value is -0.790. The van der Waals surface area contributed by atoms with E-state index in [9.17, 15) is 9.59 Å². The number of rotatable bonds is 7. The van der Waals surface area contributed by atoms with Crippen molar-refractivity contribution in [2.45, 2.75) is 24.7 Å². The predicted molar refractivity (Wildman–Crippen MR) is 80.6 cm³/mol. The Morgan fingerprint density at radius 1 is 1.55 bits per heavy atom. The first-order valence-corrected chi connectivity index (χ1v) is 8.16. The van der Waals surface area contributed by atoms with Crippen LogP contribution < -0.4 is 5.73 Å². The Morgan fingerprint density at radius 3 is 2.80 bits per heavy atom. The number of likely N-dealkylation sites (N-methyl/N-ethyl adjacent to an activating group) is 1. The van der Waals surface area contributed by atoms with Crippen LogP contribution in [0.25, 0.3) is 0 Å². The Balaban J connectivity index is 2.49. The van der Waals surface area contributed by atoms with Gasteiger partial charge in [0.2, 0.25) is 11.8 Å². The van der Waals surface area contributed by atoms with Crippen LogP contribution in [-0.4, -0.2) is 79.1 Å². The molecule has 1 fully saturated rings. The molecule has 2 amide bonds. The topological polar surface area (TPSA) is 75.9 Å². The molecule has 0 aromatic rings. The molecule has 7 heteroatoms. The van der Waals surface area contributed by atoms with Crippen LogP contribution in [0.1, 0.15) is 13.3 Å². The van der Waals surface area contributed by atoms with Crippen LogP contribution in [0, 0.1) is 0 Å². The zero-order chi connectivity index (χ0) is 15.1. The lowest BCUT2D eigenvalue weighted by molar-refractivity contribution is -0.139. The minimum absolute atomic E-state index is 0.0251. The fraction of sp³-hybridized carbons (Fsp3) is 0.846. The minimum atomic E-state index is -0.357. The van der Waals surface area contributed by atoms with E-state index in [1.165, 1.54) is 0 Å². The number of thioether (sulfide) groups is 1. The van der Waals surface area contributed by atoms with Gasteiger partial charge in [0.05, 0.1) is 24.5 Å². The summed E-state index contributed by atoms with van der Waals surface area (Å²) in [6.45, 7) is 4.60. The highest BCUT2D eigenvalue weighted by Gasteiger charge is 2.28. The molecule has 1 heterocycles. The second-order valence-corrected chi connectivity index (χ2v) is 6.11. The molecule has 0 aromatic heterocycles. The molecule has 1 saturated heterocycles. The molecule has 0 saturated carbocycles. The molecular formula is C13H25N3O3S. The summed E-state index contributed by atoms with van der Waals surface area (Å²) in [6, 6.07) is 0. The molecule has 0 bridgehead atoms. The Labute approximate surface area is 125 Å². The standard InChI is InChI=1S/C13H25N3O3S/c1-4-11(20-3)13(18)16-5-6-19-10(8-16)7-15(2)9-12(14)17/h10-11H,4-9H2,1-3H3,(H2,14,17)/t10-,11-/m1/s1. The van der Waals surface area contributed by atoms with Crippen molar-refractivity contribution in [3.63, 3.8) is 0 Å². The molecule has 1 aliphatic rings. The number of amides is 2. The van der Waals surface area contributed by atoms with Gasteiger partial charge in [0, 0.05) is 19.6 Å². The zero-order valence-electron chi connectivity index (χ0n) is 12.5. The SMILES string of the molecule is CC[C@@H](SC)C(=O)N1CCO[C@H](CN(C)CC(N)=O)C1. The third kappa shape index (κ3) is 5.30. The second kappa shape index (κ2) is 8.49. The van der Waals surface area contributed by atoms with E-state index in [1.807, 2.05) is 30.0 Å². The van der Waals surface area contributed by atoms with Crippen molar-refractivity contribution in [2.75, 3.05) is 46.1 Å². The second-order valence-electron chi connectivity index (χ2n) is 5.07. The first kappa shape index (κ1) is 17.3. The molecule has 20 heavy (non-hydrogen) atoms. The third-order valence-electron chi connectivity index (χ3n) is 3.32. The molecule has 2 N–H and O–H groups in total. The maximum atomic E-state index is 12.3. The fourth-order valence-electron chi connectivity index (χ4n) is 2.35. The van der Waals surface area contributed by atoms with E-state index >= 15 is 0 Å². The normalized spacial score (nSPS) is 21.0. The number of hydrogen-bond acceptors (Lipinski definition) is 5. The van der Waals surface area contributed by atoms with Crippen molar-refractivity contribution in [3.05, 3.63) is 0 Å². The van der Waals surface area contributed by atoms with E-state index in [1.54, 1.807) is 11.8 Å². The lowest BCUT2D eigenvalue weighted by Gasteiger charge is -2.36. The Bertz CT molecular complexity index is 337. The highest BCUT2D eigenvalue weighted by molar-refractivity contribution is 7.99. The van der Waals surface area contributed by atoms with Gasteiger partial charge in [-0.05, 0) is 19.7 Å². The number of carbonyl (C=O) groups excluding carboxylic acids is 2. The molecule has 0 unspecified atom stereocenters. The van der Waals surface area contributed by atoms with Gasteiger partial charge in [0.15, 0.2) is 0 Å². The molecule has 116 valence electrons. The van der Waals surface area contributed by atoms with E-state index in [2.05, 4.69) is 0 Å². The number of ether oxygens (including phenoxy) is 1. The summed E-state index contributed by atoms with van der Waals surface area (Å²) in [5.74, 6) is -0.171. The van der Waals surface area contributed by atoms with E-state index < -0.39 is 0 Å². The average molecular weight is 303 g/mol. The molecule has 6 nitrogen and oxygen atoms in total. The van der Waals surface area contributed by atoms with Crippen LogP contribution in [0.4, 0.5) is 0 Å². The summed E-state index contributed by atoms with van der Waals surface area (Å²) < 4.78 is 5.66. The quantitative estimate of drug-likeness (QED) is 0.703. The molecule has 0 aromatic carbocycles. The first-order valence-electron chi connectivity index (χ1n) is 6.88. The van der Waals surface area contributed by atoms with Crippen LogP contribution in [0.3, 0.4) is 0 Å². The molecule has 0 radical (unpaired) electrons. The van der Waals surface area contributed by atoms with E-state index in [-0.39, 0.29) is 29.7 Å². The summed E-state index contributed by atoms with van der Waals surface area (Å²) in [7, 11) is 1.83. The lowest BCUT2D eigenvalue weighted by Crippen LogP contribution is -2.51. The van der Waals surface area contributed by atoms with E-state index in [0.717, 1.165) is 6.42 Å². The summed E-state index contributed by atoms with van der Waals surface area (Å²) in [5.41, 5.74) is 5.16. The molecule has 0 spiro atoms. The van der Waals surface area contributed by atoms with E-state index in [4.69, 9.17) is 10.5 Å². The van der Waals surface area contributed by atoms with Crippen molar-refractivity contribution in [2.24, 2.45) is 5.73 Å². The summed E-state index contributed by atoms with van der Waals surface area (Å²) in [4.78, 5) is 26.9. The minimum Gasteiger partial charge on any atom is -0.373 e. The van der Waals surface area contributed by atoms with Gasteiger partial charge in [-0.1, -0.05) is 6.92 Å². The number of primary amides is 1. The monoisotopic (exact) mass is 303 g/mol. The van der Waals surface area contributed by atoms with Gasteiger partial charge in [0.1, 0.15) is 0 Å². The van der Waals surface area contributed by atoms with Crippen molar-refractivity contribution < 1.29 is 14.3 Å². The molecule has 2 atom stereocenters. The number of nitrogens with two attached hydrogens (primary N) is 1. The van der Waals surface area contributed by atoms with E-state index in [0.29, 0.717) is 26.2 Å². The maximum Gasteiger partial charge on any atom is 0.235 e. The maximum absolute atomic E-state index is 12.3. The summed E-state index contributed by atoms with van der Waals surface area (Å²) in [6.07, 6.45) is 2.74. The number of nitrogens with zero attached hydrogens (tertiary/aromatic N) is 2. The van der Waals surface area contributed by atoms with Crippen molar-refractivity contribution >= 4 is 23.6 Å². The molecule has 1 rings (SSSR count). The van der Waals surface area contributed by atoms with Crippen molar-refractivity contribution in [1.82, 2.24) is 9.80 Å². The number of morpholine rings is 1. The molecule has 1 aliphatic heterocycles. The van der Waals surface area contributed by atoms with Gasteiger partial charge in [-0.25, -0.2) is 0 Å². The average Bonchev–Trinajstić information content (AvgIpc) is 2.39. The number of hydrogen-bond donors (Lipinski definition) is 1. The van der Waals surface area contributed by atoms with Crippen molar-refractivity contribution in [3.8, 4) is 0 Å². The van der Waals surface area contributed by atoms with Crippen LogP contribution in [-0.2, 0) is 14.3 Å². The van der Waals surface area contributed by atoms with Crippen LogP contribution in [0.15, 0.2) is 0 Å². The summed E-state index contributed by atoms with van der Waals surface area (Å²) >= 11 is 1.59. The smallest absolute Gasteiger partial charge is 0.235 e. The highest BCUT2D eigenvalue weighted by atomic mass is 32.2. The third-order valence-corrected chi connectivity index (χ3v) is 4.43. The Morgan fingerprint density at radius 2 is 2.25 bits per heavy atom. The van der Waals surface area contributed by atoms with Gasteiger partial charge in [-0.2, -0.15) is 11.8 Å². The summed E-state index contributed by atoms with van der Waals surface area (Å²) in [5, 5.41) is 0.0251. The van der Waals surface area contributed by atoms with Gasteiger partial charge in [-0.3, -0.25) is 14.5 Å². The lowest BCUT2D eigenvalue weighted by atomic mass is 10.2. The molecular weight excluding hydrogens is 278 g/mol. The first-order chi connectivity index (χ1) is 9.47. The Kier molecular flexibility index (Phi) is 7.32. The molecule has 0 aliphatic carbocycles.